The van der Waals surface area contributed by atoms with E-state index in [0.717, 1.165) is 30.2 Å². The highest BCUT2D eigenvalue weighted by molar-refractivity contribution is 5.59. The third kappa shape index (κ3) is 5.84. The number of benzene rings is 1. The first-order valence-corrected chi connectivity index (χ1v) is 8.17. The fourth-order valence-corrected chi connectivity index (χ4v) is 2.78. The standard InChI is InChI=1S/C17H29N3O/c1-14(2)21-17-12-15(18)11-16(13-17)19-7-10-20-8-5-3-4-6-9-20/h11-14,19H,3-10,18H2,1-2H3. The first-order valence-electron chi connectivity index (χ1n) is 8.17. The maximum Gasteiger partial charge on any atom is 0.123 e. The molecule has 1 aliphatic heterocycles. The van der Waals surface area contributed by atoms with Crippen LogP contribution in [0.1, 0.15) is 39.5 Å². The van der Waals surface area contributed by atoms with Crippen LogP contribution in [0.3, 0.4) is 0 Å². The summed E-state index contributed by atoms with van der Waals surface area (Å²) in [7, 11) is 0. The van der Waals surface area contributed by atoms with Crippen molar-refractivity contribution in [3.05, 3.63) is 18.2 Å². The number of hydrogen-bond acceptors (Lipinski definition) is 4. The lowest BCUT2D eigenvalue weighted by atomic mass is 10.2. The monoisotopic (exact) mass is 291 g/mol. The fourth-order valence-electron chi connectivity index (χ4n) is 2.78. The van der Waals surface area contributed by atoms with Crippen molar-refractivity contribution in [1.29, 1.82) is 0 Å². The highest BCUT2D eigenvalue weighted by Gasteiger charge is 2.08. The third-order valence-electron chi connectivity index (χ3n) is 3.76. The molecule has 1 aromatic rings. The lowest BCUT2D eigenvalue weighted by Gasteiger charge is -2.20. The van der Waals surface area contributed by atoms with Crippen molar-refractivity contribution in [3.63, 3.8) is 0 Å². The van der Waals surface area contributed by atoms with E-state index in [1.165, 1.54) is 38.8 Å². The Labute approximate surface area is 128 Å². The first kappa shape index (κ1) is 16.0. The SMILES string of the molecule is CC(C)Oc1cc(N)cc(NCCN2CCCCCC2)c1. The van der Waals surface area contributed by atoms with Gasteiger partial charge in [0.05, 0.1) is 6.10 Å². The molecule has 21 heavy (non-hydrogen) atoms. The Morgan fingerprint density at radius 1 is 1.14 bits per heavy atom. The van der Waals surface area contributed by atoms with Gasteiger partial charge in [0, 0.05) is 36.6 Å². The number of nitrogen functional groups attached to an aromatic ring is 1. The minimum absolute atomic E-state index is 0.164. The van der Waals surface area contributed by atoms with Gasteiger partial charge in [0.2, 0.25) is 0 Å². The molecule has 0 atom stereocenters. The van der Waals surface area contributed by atoms with Crippen molar-refractivity contribution < 1.29 is 4.74 Å². The van der Waals surface area contributed by atoms with Gasteiger partial charge in [-0.05, 0) is 45.8 Å². The average molecular weight is 291 g/mol. The van der Waals surface area contributed by atoms with Crippen molar-refractivity contribution in [2.24, 2.45) is 0 Å². The van der Waals surface area contributed by atoms with E-state index < -0.39 is 0 Å². The van der Waals surface area contributed by atoms with E-state index in [-0.39, 0.29) is 6.10 Å². The van der Waals surface area contributed by atoms with Crippen LogP contribution in [-0.2, 0) is 0 Å². The molecule has 1 aliphatic rings. The molecule has 0 bridgehead atoms. The highest BCUT2D eigenvalue weighted by atomic mass is 16.5. The number of hydrogen-bond donors (Lipinski definition) is 2. The third-order valence-corrected chi connectivity index (χ3v) is 3.76. The van der Waals surface area contributed by atoms with Crippen LogP contribution in [-0.4, -0.2) is 37.2 Å². The molecule has 0 radical (unpaired) electrons. The van der Waals surface area contributed by atoms with E-state index in [1.54, 1.807) is 0 Å². The van der Waals surface area contributed by atoms with Gasteiger partial charge in [-0.25, -0.2) is 0 Å². The topological polar surface area (TPSA) is 50.5 Å². The molecular weight excluding hydrogens is 262 g/mol. The van der Waals surface area contributed by atoms with Gasteiger partial charge in [0.25, 0.3) is 0 Å². The van der Waals surface area contributed by atoms with Crippen LogP contribution in [0.2, 0.25) is 0 Å². The highest BCUT2D eigenvalue weighted by Crippen LogP contribution is 2.23. The predicted molar refractivity (Wildman–Crippen MR) is 90.0 cm³/mol. The van der Waals surface area contributed by atoms with Crippen molar-refractivity contribution in [2.45, 2.75) is 45.6 Å². The number of nitrogens with one attached hydrogen (secondary N) is 1. The number of nitrogens with zero attached hydrogens (tertiary/aromatic N) is 1. The summed E-state index contributed by atoms with van der Waals surface area (Å²) < 4.78 is 5.72. The Morgan fingerprint density at radius 3 is 2.52 bits per heavy atom. The maximum absolute atomic E-state index is 5.94. The maximum atomic E-state index is 5.94. The van der Waals surface area contributed by atoms with Gasteiger partial charge in [0.15, 0.2) is 0 Å². The van der Waals surface area contributed by atoms with Gasteiger partial charge in [-0.3, -0.25) is 0 Å². The number of nitrogens with two attached hydrogens (primary N) is 1. The molecule has 118 valence electrons. The van der Waals surface area contributed by atoms with Crippen LogP contribution in [0.5, 0.6) is 5.75 Å². The Balaban J connectivity index is 1.83. The number of ether oxygens (including phenoxy) is 1. The molecule has 0 spiro atoms. The first-order chi connectivity index (χ1) is 10.1. The van der Waals surface area contributed by atoms with Crippen LogP contribution >= 0.6 is 0 Å². The molecule has 2 rings (SSSR count). The Kier molecular flexibility index (Phi) is 6.18. The molecule has 0 amide bonds. The summed E-state index contributed by atoms with van der Waals surface area (Å²) in [4.78, 5) is 2.55. The Bertz CT molecular complexity index is 426. The summed E-state index contributed by atoms with van der Waals surface area (Å²) in [6, 6.07) is 5.87. The molecule has 1 heterocycles. The molecule has 1 aromatic carbocycles. The summed E-state index contributed by atoms with van der Waals surface area (Å²) in [5.74, 6) is 0.835. The second kappa shape index (κ2) is 8.13. The van der Waals surface area contributed by atoms with Crippen molar-refractivity contribution in [1.82, 2.24) is 4.90 Å². The normalized spacial score (nSPS) is 16.7. The molecule has 0 saturated carbocycles. The zero-order valence-corrected chi connectivity index (χ0v) is 13.4. The second-order valence-corrected chi connectivity index (χ2v) is 6.14. The van der Waals surface area contributed by atoms with E-state index in [4.69, 9.17) is 10.5 Å². The zero-order valence-electron chi connectivity index (χ0n) is 13.4. The molecule has 1 fully saturated rings. The molecule has 1 saturated heterocycles. The molecule has 0 aliphatic carbocycles. The number of anilines is 2. The molecule has 0 aromatic heterocycles. The van der Waals surface area contributed by atoms with E-state index >= 15 is 0 Å². The zero-order chi connectivity index (χ0) is 15.1. The second-order valence-electron chi connectivity index (χ2n) is 6.14. The van der Waals surface area contributed by atoms with Gasteiger partial charge in [-0.2, -0.15) is 0 Å². The molecule has 0 unspecified atom stereocenters. The largest absolute Gasteiger partial charge is 0.491 e. The van der Waals surface area contributed by atoms with E-state index in [0.29, 0.717) is 0 Å². The summed E-state index contributed by atoms with van der Waals surface area (Å²) in [6.07, 6.45) is 5.61. The quantitative estimate of drug-likeness (QED) is 0.789. The van der Waals surface area contributed by atoms with Gasteiger partial charge < -0.3 is 20.7 Å². The smallest absolute Gasteiger partial charge is 0.123 e. The predicted octanol–water partition coefficient (Wildman–Crippen LogP) is 3.34. The number of likely N-dealkylation sites (tertiary alicyclic amines) is 1. The van der Waals surface area contributed by atoms with E-state index in [2.05, 4.69) is 10.2 Å². The van der Waals surface area contributed by atoms with Crippen molar-refractivity contribution in [2.75, 3.05) is 37.2 Å². The Morgan fingerprint density at radius 2 is 1.86 bits per heavy atom. The van der Waals surface area contributed by atoms with Gasteiger partial charge >= 0.3 is 0 Å². The molecular formula is C17H29N3O. The lowest BCUT2D eigenvalue weighted by Crippen LogP contribution is -2.29. The minimum Gasteiger partial charge on any atom is -0.491 e. The summed E-state index contributed by atoms with van der Waals surface area (Å²) in [6.45, 7) is 8.56. The van der Waals surface area contributed by atoms with E-state index in [9.17, 15) is 0 Å². The number of rotatable bonds is 6. The van der Waals surface area contributed by atoms with Gasteiger partial charge in [0.1, 0.15) is 5.75 Å². The summed E-state index contributed by atoms with van der Waals surface area (Å²) in [5.41, 5.74) is 7.72. The summed E-state index contributed by atoms with van der Waals surface area (Å²) in [5, 5.41) is 3.47. The van der Waals surface area contributed by atoms with Crippen LogP contribution in [0.4, 0.5) is 11.4 Å². The van der Waals surface area contributed by atoms with Crippen molar-refractivity contribution >= 4 is 11.4 Å². The lowest BCUT2D eigenvalue weighted by molar-refractivity contribution is 0.242. The van der Waals surface area contributed by atoms with Gasteiger partial charge in [-0.1, -0.05) is 12.8 Å². The van der Waals surface area contributed by atoms with Crippen LogP contribution in [0.25, 0.3) is 0 Å². The van der Waals surface area contributed by atoms with Crippen molar-refractivity contribution in [3.8, 4) is 5.75 Å². The van der Waals surface area contributed by atoms with Gasteiger partial charge in [-0.15, -0.1) is 0 Å². The average Bonchev–Trinajstić information content (AvgIpc) is 2.66. The minimum atomic E-state index is 0.164. The van der Waals surface area contributed by atoms with Crippen LogP contribution in [0.15, 0.2) is 18.2 Å². The summed E-state index contributed by atoms with van der Waals surface area (Å²) >= 11 is 0. The van der Waals surface area contributed by atoms with Crippen LogP contribution < -0.4 is 15.8 Å². The van der Waals surface area contributed by atoms with Crippen LogP contribution in [0, 0.1) is 0 Å². The fraction of sp³-hybridized carbons (Fsp3) is 0.647. The molecule has 3 N–H and O–H groups in total. The molecule has 4 heteroatoms. The van der Waals surface area contributed by atoms with E-state index in [1.807, 2.05) is 32.0 Å². The molecule has 4 nitrogen and oxygen atoms in total. The Hall–Kier alpha value is -1.42.